The van der Waals surface area contributed by atoms with Crippen LogP contribution in [0.15, 0.2) is 17.7 Å². The normalized spacial score (nSPS) is 14.2. The summed E-state index contributed by atoms with van der Waals surface area (Å²) >= 11 is 0. The van der Waals surface area contributed by atoms with Crippen molar-refractivity contribution in [1.82, 2.24) is 5.32 Å². The first-order valence-electron chi connectivity index (χ1n) is 10.4. The van der Waals surface area contributed by atoms with Gasteiger partial charge in [-0.15, -0.1) is 0 Å². The van der Waals surface area contributed by atoms with Gasteiger partial charge in [0, 0.05) is 6.07 Å². The predicted octanol–water partition coefficient (Wildman–Crippen LogP) is 5.69. The fourth-order valence-corrected chi connectivity index (χ4v) is 3.73. The van der Waals surface area contributed by atoms with Gasteiger partial charge in [-0.25, -0.2) is 9.18 Å². The van der Waals surface area contributed by atoms with Crippen LogP contribution in [0, 0.1) is 5.82 Å². The molecular weight excluding hydrogens is 401 g/mol. The molecule has 7 heteroatoms. The van der Waals surface area contributed by atoms with Crippen molar-refractivity contribution in [2.45, 2.75) is 71.7 Å². The maximum atomic E-state index is 14.6. The summed E-state index contributed by atoms with van der Waals surface area (Å²) in [6.07, 6.45) is 2.06. The van der Waals surface area contributed by atoms with Crippen molar-refractivity contribution in [1.29, 1.82) is 0 Å². The Bertz CT molecular complexity index is 807. The molecule has 1 amide bonds. The van der Waals surface area contributed by atoms with Gasteiger partial charge in [0.1, 0.15) is 23.8 Å². The highest BCUT2D eigenvalue weighted by Gasteiger charge is 2.37. The minimum atomic E-state index is -1.85. The van der Waals surface area contributed by atoms with E-state index in [1.807, 2.05) is 12.1 Å². The van der Waals surface area contributed by atoms with Gasteiger partial charge in [-0.2, -0.15) is 0 Å². The standard InChI is InChI=1S/C23H36FNO4Si/c1-22(2,3)29-21(26)25-9-10-27-18-13-17-11-16(12-19(17)20(24)14-18)15-28-30(7,8)23(4,5)6/h11,13-14H,9-10,12,15H2,1-8H3,(H,25,26). The quantitative estimate of drug-likeness (QED) is 0.440. The van der Waals surface area contributed by atoms with Crippen molar-refractivity contribution in [2.24, 2.45) is 0 Å². The second-order valence-corrected chi connectivity index (χ2v) is 15.1. The monoisotopic (exact) mass is 437 g/mol. The zero-order chi connectivity index (χ0) is 22.7. The molecule has 0 saturated carbocycles. The van der Waals surface area contributed by atoms with Crippen LogP contribution in [0.25, 0.3) is 6.08 Å². The number of amides is 1. The number of carbonyl (C=O) groups excluding carboxylic acids is 1. The second kappa shape index (κ2) is 9.10. The Morgan fingerprint density at radius 3 is 2.43 bits per heavy atom. The lowest BCUT2D eigenvalue weighted by atomic mass is 10.1. The highest BCUT2D eigenvalue weighted by Crippen LogP contribution is 2.38. The maximum absolute atomic E-state index is 14.6. The molecule has 0 fully saturated rings. The molecule has 168 valence electrons. The summed E-state index contributed by atoms with van der Waals surface area (Å²) in [7, 11) is -1.85. The fraction of sp³-hybridized carbons (Fsp3) is 0.609. The molecule has 1 aromatic carbocycles. The Kier molecular flexibility index (Phi) is 7.40. The molecule has 5 nitrogen and oxygen atoms in total. The van der Waals surface area contributed by atoms with Crippen molar-refractivity contribution in [2.75, 3.05) is 19.8 Å². The zero-order valence-corrected chi connectivity index (χ0v) is 20.6. The van der Waals surface area contributed by atoms with E-state index in [-0.39, 0.29) is 24.0 Å². The van der Waals surface area contributed by atoms with Crippen LogP contribution in [0.3, 0.4) is 0 Å². The van der Waals surface area contributed by atoms with Gasteiger partial charge in [-0.3, -0.25) is 0 Å². The summed E-state index contributed by atoms with van der Waals surface area (Å²) in [6, 6.07) is 3.24. The molecule has 0 aromatic heterocycles. The van der Waals surface area contributed by atoms with Crippen LogP contribution in [0.4, 0.5) is 9.18 Å². The highest BCUT2D eigenvalue weighted by molar-refractivity contribution is 6.74. The number of ether oxygens (including phenoxy) is 2. The van der Waals surface area contributed by atoms with E-state index in [0.717, 1.165) is 11.1 Å². The van der Waals surface area contributed by atoms with Crippen LogP contribution in [-0.2, 0) is 15.6 Å². The van der Waals surface area contributed by atoms with E-state index in [1.54, 1.807) is 20.8 Å². The van der Waals surface area contributed by atoms with Gasteiger partial charge >= 0.3 is 6.09 Å². The van der Waals surface area contributed by atoms with Crippen molar-refractivity contribution >= 4 is 20.5 Å². The summed E-state index contributed by atoms with van der Waals surface area (Å²) < 4.78 is 31.6. The summed E-state index contributed by atoms with van der Waals surface area (Å²) in [4.78, 5) is 11.6. The zero-order valence-electron chi connectivity index (χ0n) is 19.6. The molecule has 30 heavy (non-hydrogen) atoms. The number of alkyl carbamates (subject to hydrolysis) is 1. The number of hydrogen-bond acceptors (Lipinski definition) is 4. The smallest absolute Gasteiger partial charge is 0.407 e. The molecule has 1 aliphatic carbocycles. The molecule has 0 unspecified atom stereocenters. The van der Waals surface area contributed by atoms with Crippen LogP contribution < -0.4 is 10.1 Å². The van der Waals surface area contributed by atoms with E-state index in [0.29, 0.717) is 24.3 Å². The van der Waals surface area contributed by atoms with Crippen molar-refractivity contribution in [3.8, 4) is 5.75 Å². The van der Waals surface area contributed by atoms with Crippen molar-refractivity contribution in [3.05, 3.63) is 34.6 Å². The topological polar surface area (TPSA) is 56.8 Å². The molecule has 0 spiro atoms. The summed E-state index contributed by atoms with van der Waals surface area (Å²) in [5, 5.41) is 2.76. The Hall–Kier alpha value is -1.86. The average molecular weight is 438 g/mol. The van der Waals surface area contributed by atoms with Gasteiger partial charge in [0.05, 0.1) is 13.2 Å². The lowest BCUT2D eigenvalue weighted by molar-refractivity contribution is 0.0520. The number of fused-ring (bicyclic) bond motifs is 1. The maximum Gasteiger partial charge on any atom is 0.407 e. The lowest BCUT2D eigenvalue weighted by Crippen LogP contribution is -2.41. The molecule has 2 rings (SSSR count). The molecule has 1 aliphatic rings. The molecule has 0 saturated heterocycles. The Labute approximate surface area is 181 Å². The number of rotatable bonds is 7. The van der Waals surface area contributed by atoms with Crippen LogP contribution in [0.1, 0.15) is 52.7 Å². The third-order valence-electron chi connectivity index (χ3n) is 5.43. The summed E-state index contributed by atoms with van der Waals surface area (Å²) in [6.45, 7) is 17.5. The minimum Gasteiger partial charge on any atom is -0.492 e. The molecule has 0 bridgehead atoms. The molecule has 0 aliphatic heterocycles. The van der Waals surface area contributed by atoms with Gasteiger partial charge in [0.15, 0.2) is 8.32 Å². The van der Waals surface area contributed by atoms with Crippen LogP contribution >= 0.6 is 0 Å². The third-order valence-corrected chi connectivity index (χ3v) is 9.91. The molecule has 1 N–H and O–H groups in total. The Balaban J connectivity index is 1.91. The largest absolute Gasteiger partial charge is 0.492 e. The number of hydrogen-bond donors (Lipinski definition) is 1. The van der Waals surface area contributed by atoms with Gasteiger partial charge in [-0.05, 0) is 68.1 Å². The fourth-order valence-electron chi connectivity index (χ4n) is 2.75. The first-order valence-corrected chi connectivity index (χ1v) is 13.3. The number of nitrogens with one attached hydrogen (secondary N) is 1. The molecule has 0 heterocycles. The Morgan fingerprint density at radius 1 is 1.17 bits per heavy atom. The van der Waals surface area contributed by atoms with Crippen molar-refractivity contribution < 1.29 is 23.1 Å². The van der Waals surface area contributed by atoms with E-state index in [2.05, 4.69) is 39.2 Å². The lowest BCUT2D eigenvalue weighted by Gasteiger charge is -2.36. The first-order chi connectivity index (χ1) is 13.7. The van der Waals surface area contributed by atoms with Gasteiger partial charge in [0.2, 0.25) is 0 Å². The van der Waals surface area contributed by atoms with E-state index >= 15 is 0 Å². The van der Waals surface area contributed by atoms with Crippen LogP contribution in [-0.4, -0.2) is 39.8 Å². The van der Waals surface area contributed by atoms with E-state index in [4.69, 9.17) is 13.9 Å². The average Bonchev–Trinajstić information content (AvgIpc) is 2.98. The van der Waals surface area contributed by atoms with E-state index in [9.17, 15) is 9.18 Å². The number of carbonyl (C=O) groups is 1. The predicted molar refractivity (Wildman–Crippen MR) is 121 cm³/mol. The van der Waals surface area contributed by atoms with Gasteiger partial charge in [0.25, 0.3) is 0 Å². The third kappa shape index (κ3) is 6.84. The molecule has 1 aromatic rings. The van der Waals surface area contributed by atoms with E-state index in [1.165, 1.54) is 6.07 Å². The van der Waals surface area contributed by atoms with E-state index < -0.39 is 20.0 Å². The SMILES string of the molecule is CC(C)(C)OC(=O)NCCOc1cc(F)c2c(c1)C=C(CO[Si](C)(C)C(C)(C)C)C2. The highest BCUT2D eigenvalue weighted by atomic mass is 28.4. The minimum absolute atomic E-state index is 0.138. The second-order valence-electron chi connectivity index (χ2n) is 10.3. The Morgan fingerprint density at radius 2 is 1.83 bits per heavy atom. The summed E-state index contributed by atoms with van der Waals surface area (Å²) in [5.41, 5.74) is 2.05. The van der Waals surface area contributed by atoms with Crippen molar-refractivity contribution in [3.63, 3.8) is 0 Å². The number of benzene rings is 1. The molecule has 0 atom stereocenters. The van der Waals surface area contributed by atoms with Crippen LogP contribution in [0.5, 0.6) is 5.75 Å². The van der Waals surface area contributed by atoms with Gasteiger partial charge in [-0.1, -0.05) is 26.8 Å². The molecule has 0 radical (unpaired) electrons. The van der Waals surface area contributed by atoms with Crippen LogP contribution in [0.2, 0.25) is 18.1 Å². The number of halogens is 1. The first kappa shape index (κ1) is 24.4. The summed E-state index contributed by atoms with van der Waals surface area (Å²) in [5.74, 6) is 0.168. The van der Waals surface area contributed by atoms with Gasteiger partial charge < -0.3 is 19.2 Å². The molecular formula is C23H36FNO4Si.